The third-order valence-electron chi connectivity index (χ3n) is 4.35. The first kappa shape index (κ1) is 17.6. The molecule has 1 aliphatic heterocycles. The van der Waals surface area contributed by atoms with Crippen LogP contribution in [-0.2, 0) is 6.54 Å². The molecule has 1 aromatic heterocycles. The molecular formula is C19H25FN4O. The highest BCUT2D eigenvalue weighted by Gasteiger charge is 2.20. The average molecular weight is 344 g/mol. The second-order valence-electron chi connectivity index (χ2n) is 6.45. The first-order valence-electron chi connectivity index (χ1n) is 8.88. The first-order valence-corrected chi connectivity index (χ1v) is 8.88. The molecule has 2 aromatic rings. The molecule has 134 valence electrons. The van der Waals surface area contributed by atoms with Gasteiger partial charge in [0.05, 0.1) is 6.61 Å². The summed E-state index contributed by atoms with van der Waals surface area (Å²) in [5.74, 6) is 1.65. The minimum absolute atomic E-state index is 0.237. The van der Waals surface area contributed by atoms with Gasteiger partial charge in [-0.2, -0.15) is 0 Å². The quantitative estimate of drug-likeness (QED) is 0.835. The monoisotopic (exact) mass is 344 g/mol. The van der Waals surface area contributed by atoms with Crippen molar-refractivity contribution >= 4 is 5.95 Å². The number of piperidine rings is 1. The fourth-order valence-corrected chi connectivity index (χ4v) is 3.12. The normalized spacial score (nSPS) is 18.1. The van der Waals surface area contributed by atoms with Crippen molar-refractivity contribution in [3.63, 3.8) is 0 Å². The molecule has 6 heteroatoms. The summed E-state index contributed by atoms with van der Waals surface area (Å²) in [7, 11) is 0. The van der Waals surface area contributed by atoms with E-state index >= 15 is 0 Å². The van der Waals surface area contributed by atoms with Crippen molar-refractivity contribution in [1.29, 1.82) is 0 Å². The molecule has 25 heavy (non-hydrogen) atoms. The van der Waals surface area contributed by atoms with Crippen molar-refractivity contribution in [2.75, 3.05) is 31.6 Å². The molecule has 1 fully saturated rings. The summed E-state index contributed by atoms with van der Waals surface area (Å²) in [5.41, 5.74) is 1.13. The van der Waals surface area contributed by atoms with Crippen LogP contribution in [0, 0.1) is 11.7 Å². The lowest BCUT2D eigenvalue weighted by Gasteiger charge is -2.32. The number of rotatable bonds is 7. The lowest BCUT2D eigenvalue weighted by molar-refractivity contribution is 0.125. The van der Waals surface area contributed by atoms with E-state index in [0.717, 1.165) is 50.3 Å². The first-order chi connectivity index (χ1) is 12.2. The molecule has 0 spiro atoms. The van der Waals surface area contributed by atoms with Crippen LogP contribution in [0.5, 0.6) is 5.75 Å². The van der Waals surface area contributed by atoms with Crippen molar-refractivity contribution in [3.8, 4) is 5.75 Å². The topological polar surface area (TPSA) is 50.3 Å². The van der Waals surface area contributed by atoms with Gasteiger partial charge in [-0.1, -0.05) is 0 Å². The van der Waals surface area contributed by atoms with Crippen molar-refractivity contribution < 1.29 is 9.13 Å². The highest BCUT2D eigenvalue weighted by atomic mass is 19.1. The lowest BCUT2D eigenvalue weighted by atomic mass is 9.98. The Balaban J connectivity index is 1.48. The van der Waals surface area contributed by atoms with E-state index in [2.05, 4.69) is 20.2 Å². The predicted octanol–water partition coefficient (Wildman–Crippen LogP) is 3.34. The molecule has 1 N–H and O–H groups in total. The number of aromatic nitrogens is 2. The smallest absolute Gasteiger partial charge is 0.222 e. The molecule has 5 nitrogen and oxygen atoms in total. The average Bonchev–Trinajstić information content (AvgIpc) is 2.64. The minimum Gasteiger partial charge on any atom is -0.493 e. The lowest BCUT2D eigenvalue weighted by Crippen LogP contribution is -2.37. The second-order valence-corrected chi connectivity index (χ2v) is 6.45. The largest absolute Gasteiger partial charge is 0.493 e. The number of anilines is 1. The molecule has 2 heterocycles. The third kappa shape index (κ3) is 5.39. The zero-order chi connectivity index (χ0) is 17.5. The maximum atomic E-state index is 12.9. The van der Waals surface area contributed by atoms with E-state index in [4.69, 9.17) is 4.74 Å². The van der Waals surface area contributed by atoms with E-state index in [9.17, 15) is 4.39 Å². The zero-order valence-corrected chi connectivity index (χ0v) is 14.6. The van der Waals surface area contributed by atoms with Gasteiger partial charge in [0.2, 0.25) is 5.95 Å². The van der Waals surface area contributed by atoms with E-state index < -0.39 is 0 Å². The Hall–Kier alpha value is -2.21. The fourth-order valence-electron chi connectivity index (χ4n) is 3.12. The molecule has 0 unspecified atom stereocenters. The van der Waals surface area contributed by atoms with Gasteiger partial charge in [0, 0.05) is 43.5 Å². The molecule has 0 aliphatic carbocycles. The summed E-state index contributed by atoms with van der Waals surface area (Å²) >= 11 is 0. The number of nitrogens with one attached hydrogen (secondary N) is 1. The number of benzene rings is 1. The Bertz CT molecular complexity index is 647. The van der Waals surface area contributed by atoms with Crippen LogP contribution in [0.2, 0.25) is 0 Å². The molecule has 0 radical (unpaired) electrons. The number of likely N-dealkylation sites (tertiary alicyclic amines) is 1. The summed E-state index contributed by atoms with van der Waals surface area (Å²) in [6.07, 6.45) is 6.11. The molecule has 1 saturated heterocycles. The van der Waals surface area contributed by atoms with Crippen molar-refractivity contribution in [3.05, 3.63) is 48.0 Å². The van der Waals surface area contributed by atoms with Crippen LogP contribution in [0.15, 0.2) is 36.7 Å². The van der Waals surface area contributed by atoms with Crippen LogP contribution in [0.1, 0.15) is 25.3 Å². The molecule has 0 bridgehead atoms. The SMILES string of the molecule is CCNc1ncc(CN2CCC[C@@H](COc3ccc(F)cc3)C2)cn1. The van der Waals surface area contributed by atoms with Crippen molar-refractivity contribution in [2.45, 2.75) is 26.3 Å². The zero-order valence-electron chi connectivity index (χ0n) is 14.6. The summed E-state index contributed by atoms with van der Waals surface area (Å²) in [5, 5.41) is 3.11. The van der Waals surface area contributed by atoms with E-state index in [1.54, 1.807) is 12.1 Å². The van der Waals surface area contributed by atoms with Gasteiger partial charge in [0.1, 0.15) is 11.6 Å². The standard InChI is InChI=1S/C19H25FN4O/c1-2-21-19-22-10-16(11-23-19)13-24-9-3-4-15(12-24)14-25-18-7-5-17(20)6-8-18/h5-8,10-11,15H,2-4,9,12-14H2,1H3,(H,21,22,23)/t15-/m1/s1. The van der Waals surface area contributed by atoms with E-state index in [0.29, 0.717) is 18.5 Å². The molecule has 1 aliphatic rings. The Morgan fingerprint density at radius 3 is 2.72 bits per heavy atom. The third-order valence-corrected chi connectivity index (χ3v) is 4.35. The Morgan fingerprint density at radius 1 is 1.24 bits per heavy atom. The molecule has 3 rings (SSSR count). The van der Waals surface area contributed by atoms with Gasteiger partial charge in [-0.05, 0) is 50.6 Å². The fraction of sp³-hybridized carbons (Fsp3) is 0.474. The summed E-state index contributed by atoms with van der Waals surface area (Å²) in [4.78, 5) is 11.1. The highest BCUT2D eigenvalue weighted by Crippen LogP contribution is 2.20. The van der Waals surface area contributed by atoms with Gasteiger partial charge < -0.3 is 10.1 Å². The van der Waals surface area contributed by atoms with Crippen molar-refractivity contribution in [2.24, 2.45) is 5.92 Å². The number of hydrogen-bond acceptors (Lipinski definition) is 5. The molecule has 1 atom stereocenters. The number of ether oxygens (including phenoxy) is 1. The van der Waals surface area contributed by atoms with Gasteiger partial charge >= 0.3 is 0 Å². The van der Waals surface area contributed by atoms with Crippen LogP contribution in [0.25, 0.3) is 0 Å². The summed E-state index contributed by atoms with van der Waals surface area (Å²) in [6.45, 7) is 6.45. The van der Waals surface area contributed by atoms with Gasteiger partial charge in [-0.15, -0.1) is 0 Å². The Kier molecular flexibility index (Phi) is 6.17. The van der Waals surface area contributed by atoms with Crippen LogP contribution in [0.3, 0.4) is 0 Å². The van der Waals surface area contributed by atoms with Crippen LogP contribution < -0.4 is 10.1 Å². The highest BCUT2D eigenvalue weighted by molar-refractivity contribution is 5.24. The van der Waals surface area contributed by atoms with Crippen LogP contribution in [-0.4, -0.2) is 41.1 Å². The van der Waals surface area contributed by atoms with E-state index in [1.165, 1.54) is 12.1 Å². The van der Waals surface area contributed by atoms with Gasteiger partial charge in [0.15, 0.2) is 0 Å². The van der Waals surface area contributed by atoms with Gasteiger partial charge in [-0.25, -0.2) is 14.4 Å². The molecule has 0 amide bonds. The molecule has 1 aromatic carbocycles. The van der Waals surface area contributed by atoms with E-state index in [-0.39, 0.29) is 5.82 Å². The predicted molar refractivity (Wildman–Crippen MR) is 96.1 cm³/mol. The Morgan fingerprint density at radius 2 is 2.00 bits per heavy atom. The summed E-state index contributed by atoms with van der Waals surface area (Å²) in [6, 6.07) is 6.22. The van der Waals surface area contributed by atoms with Gasteiger partial charge in [0.25, 0.3) is 0 Å². The molecule has 0 saturated carbocycles. The summed E-state index contributed by atoms with van der Waals surface area (Å²) < 4.78 is 18.7. The molecular weight excluding hydrogens is 319 g/mol. The number of nitrogens with zero attached hydrogens (tertiary/aromatic N) is 3. The minimum atomic E-state index is -0.237. The van der Waals surface area contributed by atoms with Gasteiger partial charge in [-0.3, -0.25) is 4.90 Å². The number of halogens is 1. The number of hydrogen-bond donors (Lipinski definition) is 1. The Labute approximate surface area is 148 Å². The van der Waals surface area contributed by atoms with Crippen LogP contribution >= 0.6 is 0 Å². The maximum Gasteiger partial charge on any atom is 0.222 e. The second kappa shape index (κ2) is 8.76. The van der Waals surface area contributed by atoms with Crippen LogP contribution in [0.4, 0.5) is 10.3 Å². The van der Waals surface area contributed by atoms with E-state index in [1.807, 2.05) is 19.3 Å². The maximum absolute atomic E-state index is 12.9. The van der Waals surface area contributed by atoms with Crippen molar-refractivity contribution in [1.82, 2.24) is 14.9 Å².